The van der Waals surface area contributed by atoms with Gasteiger partial charge in [0.05, 0.1) is 12.5 Å². The molecule has 0 aliphatic carbocycles. The number of amides is 1. The minimum atomic E-state index is -0.897. The lowest BCUT2D eigenvalue weighted by Crippen LogP contribution is -2.25. The molecule has 1 N–H and O–H groups in total. The van der Waals surface area contributed by atoms with Crippen molar-refractivity contribution in [3.05, 3.63) is 29.8 Å². The lowest BCUT2D eigenvalue weighted by Gasteiger charge is -2.16. The zero-order valence-electron chi connectivity index (χ0n) is 13.0. The second-order valence-corrected chi connectivity index (χ2v) is 5.71. The van der Waals surface area contributed by atoms with E-state index in [2.05, 4.69) is 6.92 Å². The van der Waals surface area contributed by atoms with Gasteiger partial charge in [0.1, 0.15) is 5.75 Å². The molecule has 0 spiro atoms. The van der Waals surface area contributed by atoms with Crippen LogP contribution in [-0.4, -0.2) is 35.0 Å². The second-order valence-electron chi connectivity index (χ2n) is 5.71. The van der Waals surface area contributed by atoms with E-state index >= 15 is 0 Å². The summed E-state index contributed by atoms with van der Waals surface area (Å²) in [5.74, 6) is -0.733. The molecule has 2 rings (SSSR count). The van der Waals surface area contributed by atoms with E-state index in [9.17, 15) is 9.59 Å². The largest absolute Gasteiger partial charge is 0.494 e. The van der Waals surface area contributed by atoms with Crippen LogP contribution in [0.5, 0.6) is 5.75 Å². The van der Waals surface area contributed by atoms with Crippen molar-refractivity contribution in [1.82, 2.24) is 4.90 Å². The van der Waals surface area contributed by atoms with Gasteiger partial charge in [0.15, 0.2) is 0 Å². The Labute approximate surface area is 130 Å². The molecule has 1 unspecified atom stereocenters. The SMILES string of the molecule is CCCCCOc1ccc(CN2CC(C(=O)O)CC2=O)cc1. The molecule has 0 bridgehead atoms. The first-order chi connectivity index (χ1) is 10.6. The first-order valence-corrected chi connectivity index (χ1v) is 7.82. The number of carbonyl (C=O) groups excluding carboxylic acids is 1. The van der Waals surface area contributed by atoms with Crippen LogP contribution in [0.3, 0.4) is 0 Å². The monoisotopic (exact) mass is 305 g/mol. The average molecular weight is 305 g/mol. The number of likely N-dealkylation sites (tertiary alicyclic amines) is 1. The Morgan fingerprint density at radius 2 is 2.05 bits per heavy atom. The third-order valence-corrected chi connectivity index (χ3v) is 3.88. The van der Waals surface area contributed by atoms with E-state index < -0.39 is 11.9 Å². The van der Waals surface area contributed by atoms with Gasteiger partial charge < -0.3 is 14.7 Å². The first-order valence-electron chi connectivity index (χ1n) is 7.82. The topological polar surface area (TPSA) is 66.8 Å². The zero-order valence-corrected chi connectivity index (χ0v) is 13.0. The molecule has 1 amide bonds. The highest BCUT2D eigenvalue weighted by molar-refractivity contribution is 5.86. The maximum Gasteiger partial charge on any atom is 0.308 e. The van der Waals surface area contributed by atoms with Gasteiger partial charge in [-0.2, -0.15) is 0 Å². The molecule has 120 valence electrons. The molecule has 1 aromatic carbocycles. The Bertz CT molecular complexity index is 512. The predicted molar refractivity (Wildman–Crippen MR) is 82.6 cm³/mol. The zero-order chi connectivity index (χ0) is 15.9. The molecule has 5 heteroatoms. The van der Waals surface area contributed by atoms with Crippen molar-refractivity contribution in [2.24, 2.45) is 5.92 Å². The number of hydrogen-bond acceptors (Lipinski definition) is 3. The molecule has 5 nitrogen and oxygen atoms in total. The van der Waals surface area contributed by atoms with E-state index in [1.54, 1.807) is 4.90 Å². The third kappa shape index (κ3) is 4.48. The van der Waals surface area contributed by atoms with E-state index in [0.717, 1.165) is 24.3 Å². The van der Waals surface area contributed by atoms with E-state index in [4.69, 9.17) is 9.84 Å². The fraction of sp³-hybridized carbons (Fsp3) is 0.529. The molecule has 0 saturated carbocycles. The van der Waals surface area contributed by atoms with Gasteiger partial charge in [0.25, 0.3) is 0 Å². The van der Waals surface area contributed by atoms with Crippen molar-refractivity contribution < 1.29 is 19.4 Å². The average Bonchev–Trinajstić information content (AvgIpc) is 2.87. The van der Waals surface area contributed by atoms with Crippen LogP contribution in [0.15, 0.2) is 24.3 Å². The fourth-order valence-corrected chi connectivity index (χ4v) is 2.54. The normalized spacial score (nSPS) is 17.8. The van der Waals surface area contributed by atoms with Gasteiger partial charge in [-0.15, -0.1) is 0 Å². The number of hydrogen-bond donors (Lipinski definition) is 1. The number of carboxylic acids is 1. The summed E-state index contributed by atoms with van der Waals surface area (Å²) in [5.41, 5.74) is 0.986. The summed E-state index contributed by atoms with van der Waals surface area (Å²) >= 11 is 0. The van der Waals surface area contributed by atoms with Gasteiger partial charge in [0.2, 0.25) is 5.91 Å². The van der Waals surface area contributed by atoms with Crippen molar-refractivity contribution in [2.75, 3.05) is 13.2 Å². The lowest BCUT2D eigenvalue weighted by atomic mass is 10.1. The van der Waals surface area contributed by atoms with Crippen LogP contribution in [-0.2, 0) is 16.1 Å². The maximum atomic E-state index is 11.8. The van der Waals surface area contributed by atoms with Crippen LogP contribution in [0.4, 0.5) is 0 Å². The molecular formula is C17H23NO4. The van der Waals surface area contributed by atoms with Crippen LogP contribution < -0.4 is 4.74 Å². The van der Waals surface area contributed by atoms with Crippen molar-refractivity contribution in [3.8, 4) is 5.75 Å². The number of ether oxygens (including phenoxy) is 1. The van der Waals surface area contributed by atoms with Crippen LogP contribution in [0.25, 0.3) is 0 Å². The summed E-state index contributed by atoms with van der Waals surface area (Å²) in [6.45, 7) is 3.63. The van der Waals surface area contributed by atoms with Gasteiger partial charge in [-0.05, 0) is 24.1 Å². The van der Waals surface area contributed by atoms with Crippen LogP contribution in [0.1, 0.15) is 38.2 Å². The van der Waals surface area contributed by atoms with E-state index in [0.29, 0.717) is 13.1 Å². The predicted octanol–water partition coefficient (Wildman–Crippen LogP) is 2.69. The molecule has 1 heterocycles. The number of rotatable bonds is 8. The highest BCUT2D eigenvalue weighted by Crippen LogP contribution is 2.21. The molecule has 1 atom stereocenters. The molecule has 1 aliphatic rings. The van der Waals surface area contributed by atoms with Crippen molar-refractivity contribution in [3.63, 3.8) is 0 Å². The Morgan fingerprint density at radius 1 is 1.32 bits per heavy atom. The molecule has 1 saturated heterocycles. The highest BCUT2D eigenvalue weighted by Gasteiger charge is 2.33. The molecule has 1 aromatic rings. The van der Waals surface area contributed by atoms with Gasteiger partial charge in [0, 0.05) is 19.5 Å². The molecule has 22 heavy (non-hydrogen) atoms. The van der Waals surface area contributed by atoms with E-state index in [1.165, 1.54) is 12.8 Å². The maximum absolute atomic E-state index is 11.8. The number of carboxylic acid groups (broad SMARTS) is 1. The number of carbonyl (C=O) groups is 2. The smallest absolute Gasteiger partial charge is 0.308 e. The fourth-order valence-electron chi connectivity index (χ4n) is 2.54. The Hall–Kier alpha value is -2.04. The lowest BCUT2D eigenvalue weighted by molar-refractivity contribution is -0.141. The Kier molecular flexibility index (Phi) is 5.81. The number of nitrogens with zero attached hydrogens (tertiary/aromatic N) is 1. The minimum absolute atomic E-state index is 0.0905. The Morgan fingerprint density at radius 3 is 2.64 bits per heavy atom. The van der Waals surface area contributed by atoms with Gasteiger partial charge >= 0.3 is 5.97 Å². The van der Waals surface area contributed by atoms with Crippen LogP contribution >= 0.6 is 0 Å². The van der Waals surface area contributed by atoms with Crippen LogP contribution in [0.2, 0.25) is 0 Å². The van der Waals surface area contributed by atoms with Crippen molar-refractivity contribution >= 4 is 11.9 Å². The number of benzene rings is 1. The third-order valence-electron chi connectivity index (χ3n) is 3.88. The molecule has 0 radical (unpaired) electrons. The van der Waals surface area contributed by atoms with Crippen molar-refractivity contribution in [2.45, 2.75) is 39.2 Å². The summed E-state index contributed by atoms with van der Waals surface area (Å²) in [7, 11) is 0. The van der Waals surface area contributed by atoms with Gasteiger partial charge in [-0.1, -0.05) is 31.9 Å². The van der Waals surface area contributed by atoms with Gasteiger partial charge in [-0.25, -0.2) is 0 Å². The summed E-state index contributed by atoms with van der Waals surface area (Å²) in [4.78, 5) is 24.3. The van der Waals surface area contributed by atoms with E-state index in [1.807, 2.05) is 24.3 Å². The summed E-state index contributed by atoms with van der Waals surface area (Å²) in [6, 6.07) is 7.65. The van der Waals surface area contributed by atoms with Crippen LogP contribution in [0, 0.1) is 5.92 Å². The van der Waals surface area contributed by atoms with Gasteiger partial charge in [-0.3, -0.25) is 9.59 Å². The summed E-state index contributed by atoms with van der Waals surface area (Å²) in [5, 5.41) is 8.98. The quantitative estimate of drug-likeness (QED) is 0.750. The standard InChI is InChI=1S/C17H23NO4/c1-2-3-4-9-22-15-7-5-13(6-8-15)11-18-12-14(17(20)21)10-16(18)19/h5-8,14H,2-4,9-12H2,1H3,(H,20,21). The molecular weight excluding hydrogens is 282 g/mol. The van der Waals surface area contributed by atoms with E-state index in [-0.39, 0.29) is 12.3 Å². The highest BCUT2D eigenvalue weighted by atomic mass is 16.5. The molecule has 0 aromatic heterocycles. The number of aliphatic carboxylic acids is 1. The first kappa shape index (κ1) is 16.3. The Balaban J connectivity index is 1.83. The number of unbranched alkanes of at least 4 members (excludes halogenated alkanes) is 2. The van der Waals surface area contributed by atoms with Crippen molar-refractivity contribution in [1.29, 1.82) is 0 Å². The molecule has 1 aliphatic heterocycles. The molecule has 1 fully saturated rings. The summed E-state index contributed by atoms with van der Waals surface area (Å²) in [6.07, 6.45) is 3.49. The summed E-state index contributed by atoms with van der Waals surface area (Å²) < 4.78 is 5.64. The minimum Gasteiger partial charge on any atom is -0.494 e. The second kappa shape index (κ2) is 7.82.